The highest BCUT2D eigenvalue weighted by molar-refractivity contribution is 5.66. The predicted molar refractivity (Wildman–Crippen MR) is 73.7 cm³/mol. The van der Waals surface area contributed by atoms with Crippen LogP contribution < -0.4 is 5.32 Å². The molecule has 0 fully saturated rings. The first kappa shape index (κ1) is 14.7. The molecule has 0 aliphatic heterocycles. The van der Waals surface area contributed by atoms with Crippen molar-refractivity contribution >= 4 is 5.97 Å². The quantitative estimate of drug-likeness (QED) is 0.745. The SMILES string of the molecule is CCC(C)NC(CCC(=O)O)Cc1ccccc1. The maximum atomic E-state index is 10.7. The molecule has 0 spiro atoms. The summed E-state index contributed by atoms with van der Waals surface area (Å²) in [5, 5.41) is 12.3. The average molecular weight is 249 g/mol. The van der Waals surface area contributed by atoms with Crippen molar-refractivity contribution in [3.63, 3.8) is 0 Å². The molecule has 100 valence electrons. The number of carboxylic acid groups (broad SMARTS) is 1. The van der Waals surface area contributed by atoms with Gasteiger partial charge in [0.05, 0.1) is 0 Å². The largest absolute Gasteiger partial charge is 0.481 e. The van der Waals surface area contributed by atoms with E-state index in [1.165, 1.54) is 5.56 Å². The molecule has 0 aliphatic carbocycles. The monoisotopic (exact) mass is 249 g/mol. The zero-order valence-corrected chi connectivity index (χ0v) is 11.2. The van der Waals surface area contributed by atoms with Crippen LogP contribution in [0.4, 0.5) is 0 Å². The first-order chi connectivity index (χ1) is 8.61. The smallest absolute Gasteiger partial charge is 0.303 e. The van der Waals surface area contributed by atoms with Crippen LogP contribution in [0.2, 0.25) is 0 Å². The van der Waals surface area contributed by atoms with E-state index in [4.69, 9.17) is 5.11 Å². The van der Waals surface area contributed by atoms with Crippen LogP contribution in [-0.2, 0) is 11.2 Å². The third kappa shape index (κ3) is 5.82. The second-order valence-electron chi connectivity index (χ2n) is 4.80. The van der Waals surface area contributed by atoms with E-state index >= 15 is 0 Å². The van der Waals surface area contributed by atoms with Gasteiger partial charge in [0, 0.05) is 18.5 Å². The zero-order chi connectivity index (χ0) is 13.4. The molecule has 0 amide bonds. The number of aliphatic carboxylic acids is 1. The second-order valence-corrected chi connectivity index (χ2v) is 4.80. The second kappa shape index (κ2) is 7.88. The summed E-state index contributed by atoms with van der Waals surface area (Å²) in [7, 11) is 0. The van der Waals surface area contributed by atoms with Crippen LogP contribution in [-0.4, -0.2) is 23.2 Å². The number of carboxylic acids is 1. The van der Waals surface area contributed by atoms with Gasteiger partial charge >= 0.3 is 5.97 Å². The highest BCUT2D eigenvalue weighted by Crippen LogP contribution is 2.09. The molecule has 2 N–H and O–H groups in total. The Morgan fingerprint density at radius 1 is 1.33 bits per heavy atom. The summed E-state index contributed by atoms with van der Waals surface area (Å²) in [4.78, 5) is 10.7. The molecule has 0 bridgehead atoms. The molecular formula is C15H23NO2. The van der Waals surface area contributed by atoms with E-state index in [0.29, 0.717) is 12.5 Å². The van der Waals surface area contributed by atoms with Crippen LogP contribution in [0.5, 0.6) is 0 Å². The van der Waals surface area contributed by atoms with Gasteiger partial charge in [-0.15, -0.1) is 0 Å². The molecule has 18 heavy (non-hydrogen) atoms. The number of hydrogen-bond donors (Lipinski definition) is 2. The van der Waals surface area contributed by atoms with Crippen molar-refractivity contribution in [2.75, 3.05) is 0 Å². The van der Waals surface area contributed by atoms with E-state index < -0.39 is 5.97 Å². The third-order valence-electron chi connectivity index (χ3n) is 3.16. The fraction of sp³-hybridized carbons (Fsp3) is 0.533. The van der Waals surface area contributed by atoms with Crippen LogP contribution in [0.25, 0.3) is 0 Å². The molecule has 3 heteroatoms. The molecular weight excluding hydrogens is 226 g/mol. The topological polar surface area (TPSA) is 49.3 Å². The van der Waals surface area contributed by atoms with Crippen molar-refractivity contribution in [3.8, 4) is 0 Å². The van der Waals surface area contributed by atoms with Crippen molar-refractivity contribution in [1.82, 2.24) is 5.32 Å². The lowest BCUT2D eigenvalue weighted by Crippen LogP contribution is -2.38. The molecule has 0 saturated carbocycles. The Morgan fingerprint density at radius 2 is 2.00 bits per heavy atom. The normalized spacial score (nSPS) is 14.1. The van der Waals surface area contributed by atoms with Gasteiger partial charge in [-0.3, -0.25) is 4.79 Å². The van der Waals surface area contributed by atoms with E-state index in [9.17, 15) is 4.79 Å². The lowest BCUT2D eigenvalue weighted by molar-refractivity contribution is -0.137. The highest BCUT2D eigenvalue weighted by atomic mass is 16.4. The molecule has 0 radical (unpaired) electrons. The first-order valence-corrected chi connectivity index (χ1v) is 6.63. The van der Waals surface area contributed by atoms with Crippen molar-refractivity contribution < 1.29 is 9.90 Å². The van der Waals surface area contributed by atoms with Gasteiger partial charge in [-0.05, 0) is 31.7 Å². The number of carbonyl (C=O) groups is 1. The number of benzene rings is 1. The van der Waals surface area contributed by atoms with Crippen molar-refractivity contribution in [2.45, 2.75) is 51.6 Å². The summed E-state index contributed by atoms with van der Waals surface area (Å²) in [6.45, 7) is 4.27. The summed E-state index contributed by atoms with van der Waals surface area (Å²) < 4.78 is 0. The first-order valence-electron chi connectivity index (χ1n) is 6.63. The average Bonchev–Trinajstić information content (AvgIpc) is 2.37. The van der Waals surface area contributed by atoms with E-state index in [-0.39, 0.29) is 12.5 Å². The molecule has 1 aromatic rings. The minimum atomic E-state index is -0.723. The summed E-state index contributed by atoms with van der Waals surface area (Å²) >= 11 is 0. The summed E-state index contributed by atoms with van der Waals surface area (Å²) in [6.07, 6.45) is 2.84. The molecule has 3 nitrogen and oxygen atoms in total. The molecule has 0 aliphatic rings. The van der Waals surface area contributed by atoms with E-state index in [1.807, 2.05) is 18.2 Å². The maximum Gasteiger partial charge on any atom is 0.303 e. The molecule has 0 aromatic heterocycles. The van der Waals surface area contributed by atoms with Gasteiger partial charge in [-0.2, -0.15) is 0 Å². The zero-order valence-electron chi connectivity index (χ0n) is 11.2. The Morgan fingerprint density at radius 3 is 2.56 bits per heavy atom. The Labute approximate surface area is 109 Å². The molecule has 1 rings (SSSR count). The predicted octanol–water partition coefficient (Wildman–Crippen LogP) is 2.85. The molecule has 2 atom stereocenters. The summed E-state index contributed by atoms with van der Waals surface area (Å²) in [6, 6.07) is 10.9. The van der Waals surface area contributed by atoms with Crippen molar-refractivity contribution in [3.05, 3.63) is 35.9 Å². The standard InChI is InChI=1S/C15H23NO2/c1-3-12(2)16-14(9-10-15(17)18)11-13-7-5-4-6-8-13/h4-8,12,14,16H,3,9-11H2,1-2H3,(H,17,18). The summed E-state index contributed by atoms with van der Waals surface area (Å²) in [5.74, 6) is -0.723. The van der Waals surface area contributed by atoms with Crippen LogP contribution in [0.1, 0.15) is 38.7 Å². The van der Waals surface area contributed by atoms with Gasteiger partial charge in [-0.1, -0.05) is 37.3 Å². The Balaban J connectivity index is 2.56. The minimum absolute atomic E-state index is 0.223. The maximum absolute atomic E-state index is 10.7. The fourth-order valence-electron chi connectivity index (χ4n) is 1.96. The fourth-order valence-corrected chi connectivity index (χ4v) is 1.96. The Kier molecular flexibility index (Phi) is 6.44. The van der Waals surface area contributed by atoms with Gasteiger partial charge in [0.2, 0.25) is 0 Å². The van der Waals surface area contributed by atoms with Crippen LogP contribution in [0, 0.1) is 0 Å². The van der Waals surface area contributed by atoms with E-state index in [0.717, 1.165) is 12.8 Å². The molecule has 0 heterocycles. The van der Waals surface area contributed by atoms with E-state index in [2.05, 4.69) is 31.3 Å². The molecule has 1 aromatic carbocycles. The Hall–Kier alpha value is -1.35. The van der Waals surface area contributed by atoms with Gasteiger partial charge < -0.3 is 10.4 Å². The van der Waals surface area contributed by atoms with Gasteiger partial charge in [0.15, 0.2) is 0 Å². The number of hydrogen-bond acceptors (Lipinski definition) is 2. The van der Waals surface area contributed by atoms with Gasteiger partial charge in [-0.25, -0.2) is 0 Å². The van der Waals surface area contributed by atoms with Gasteiger partial charge in [0.1, 0.15) is 0 Å². The van der Waals surface area contributed by atoms with Crippen molar-refractivity contribution in [1.29, 1.82) is 0 Å². The Bertz CT molecular complexity index is 351. The van der Waals surface area contributed by atoms with Crippen molar-refractivity contribution in [2.24, 2.45) is 0 Å². The minimum Gasteiger partial charge on any atom is -0.481 e. The lowest BCUT2D eigenvalue weighted by atomic mass is 10.0. The van der Waals surface area contributed by atoms with Gasteiger partial charge in [0.25, 0.3) is 0 Å². The van der Waals surface area contributed by atoms with E-state index in [1.54, 1.807) is 0 Å². The number of rotatable bonds is 8. The summed E-state index contributed by atoms with van der Waals surface area (Å²) in [5.41, 5.74) is 1.25. The third-order valence-corrected chi connectivity index (χ3v) is 3.16. The number of nitrogens with one attached hydrogen (secondary N) is 1. The highest BCUT2D eigenvalue weighted by Gasteiger charge is 2.13. The van der Waals surface area contributed by atoms with Crippen LogP contribution >= 0.6 is 0 Å². The van der Waals surface area contributed by atoms with Crippen LogP contribution in [0.15, 0.2) is 30.3 Å². The molecule has 2 unspecified atom stereocenters. The van der Waals surface area contributed by atoms with Crippen LogP contribution in [0.3, 0.4) is 0 Å². The molecule has 0 saturated heterocycles. The lowest BCUT2D eigenvalue weighted by Gasteiger charge is -2.22.